The third kappa shape index (κ3) is 3.73. The Labute approximate surface area is 155 Å². The average molecular weight is 424 g/mol. The van der Waals surface area contributed by atoms with Gasteiger partial charge in [-0.15, -0.1) is 0 Å². The van der Waals surface area contributed by atoms with Crippen LogP contribution in [-0.2, 0) is 10.0 Å². The van der Waals surface area contributed by atoms with Crippen LogP contribution in [0, 0.1) is 0 Å². The summed E-state index contributed by atoms with van der Waals surface area (Å²) in [6.07, 6.45) is 0. The quantitative estimate of drug-likeness (QED) is 0.627. The lowest BCUT2D eigenvalue weighted by Gasteiger charge is -2.13. The number of ether oxygens (including phenoxy) is 1. The second kappa shape index (κ2) is 7.19. The summed E-state index contributed by atoms with van der Waals surface area (Å²) in [6.45, 7) is 4.17. The molecule has 3 aromatic rings. The maximum Gasteiger partial charge on any atom is 0.242 e. The Bertz CT molecular complexity index is 997. The Morgan fingerprint density at radius 1 is 1.20 bits per heavy atom. The molecule has 1 atom stereocenters. The third-order valence-corrected chi connectivity index (χ3v) is 6.26. The minimum absolute atomic E-state index is 0.188. The zero-order valence-electron chi connectivity index (χ0n) is 13.8. The smallest absolute Gasteiger partial charge is 0.242 e. The monoisotopic (exact) mass is 423 g/mol. The van der Waals surface area contributed by atoms with Gasteiger partial charge in [-0.3, -0.25) is 0 Å². The van der Waals surface area contributed by atoms with Gasteiger partial charge in [0.05, 0.1) is 17.5 Å². The fraction of sp³-hybridized carbons (Fsp3) is 0.222. The zero-order chi connectivity index (χ0) is 18.0. The number of furan rings is 1. The first-order valence-corrected chi connectivity index (χ1v) is 10.1. The largest absolute Gasteiger partial charge is 0.490 e. The molecule has 2 aromatic carbocycles. The first-order valence-electron chi connectivity index (χ1n) is 7.84. The maximum absolute atomic E-state index is 12.6. The van der Waals surface area contributed by atoms with E-state index in [0.717, 1.165) is 5.39 Å². The van der Waals surface area contributed by atoms with Gasteiger partial charge in [0, 0.05) is 9.86 Å². The van der Waals surface area contributed by atoms with Crippen LogP contribution in [0.4, 0.5) is 0 Å². The number of halogens is 1. The molecule has 0 aliphatic rings. The van der Waals surface area contributed by atoms with Crippen molar-refractivity contribution in [3.05, 3.63) is 58.8 Å². The Morgan fingerprint density at radius 3 is 2.68 bits per heavy atom. The van der Waals surface area contributed by atoms with Gasteiger partial charge in [0.15, 0.2) is 11.3 Å². The number of para-hydroxylation sites is 1. The second-order valence-corrected chi connectivity index (χ2v) is 8.07. The average Bonchev–Trinajstić information content (AvgIpc) is 3.00. The molecular formula is C18H18BrNO4S. The number of nitrogens with one attached hydrogen (secondary N) is 1. The molecule has 0 radical (unpaired) electrons. The molecule has 1 heterocycles. The van der Waals surface area contributed by atoms with Crippen molar-refractivity contribution >= 4 is 36.9 Å². The molecule has 0 bridgehead atoms. The van der Waals surface area contributed by atoms with Gasteiger partial charge in [0.25, 0.3) is 0 Å². The van der Waals surface area contributed by atoms with E-state index in [9.17, 15) is 8.42 Å². The van der Waals surface area contributed by atoms with Crippen LogP contribution in [0.25, 0.3) is 11.0 Å². The van der Waals surface area contributed by atoms with Crippen molar-refractivity contribution in [1.82, 2.24) is 4.72 Å². The fourth-order valence-corrected chi connectivity index (χ4v) is 4.77. The van der Waals surface area contributed by atoms with Gasteiger partial charge in [0.1, 0.15) is 5.76 Å². The third-order valence-electron chi connectivity index (χ3n) is 3.71. The summed E-state index contributed by atoms with van der Waals surface area (Å²) < 4.78 is 39.8. The topological polar surface area (TPSA) is 68.5 Å². The Kier molecular flexibility index (Phi) is 5.17. The van der Waals surface area contributed by atoms with E-state index >= 15 is 0 Å². The van der Waals surface area contributed by atoms with Gasteiger partial charge in [-0.25, -0.2) is 13.1 Å². The first-order chi connectivity index (χ1) is 11.9. The number of hydrogen-bond donors (Lipinski definition) is 1. The van der Waals surface area contributed by atoms with Gasteiger partial charge in [-0.05, 0) is 54.0 Å². The van der Waals surface area contributed by atoms with Crippen molar-refractivity contribution in [1.29, 1.82) is 0 Å². The van der Waals surface area contributed by atoms with Crippen LogP contribution in [0.15, 0.2) is 62.3 Å². The van der Waals surface area contributed by atoms with Crippen molar-refractivity contribution in [2.75, 3.05) is 6.61 Å². The molecule has 0 unspecified atom stereocenters. The molecule has 0 amide bonds. The van der Waals surface area contributed by atoms with Crippen LogP contribution < -0.4 is 9.46 Å². The van der Waals surface area contributed by atoms with E-state index in [1.165, 1.54) is 0 Å². The molecule has 1 N–H and O–H groups in total. The first kappa shape index (κ1) is 18.0. The SMILES string of the molecule is CCOc1cccc2cc([C@H](C)NS(=O)(=O)c3ccccc3Br)oc12. The number of fused-ring (bicyclic) bond motifs is 1. The van der Waals surface area contributed by atoms with E-state index in [1.54, 1.807) is 31.2 Å². The van der Waals surface area contributed by atoms with Crippen LogP contribution in [0.1, 0.15) is 25.6 Å². The predicted molar refractivity (Wildman–Crippen MR) is 100 cm³/mol. The highest BCUT2D eigenvalue weighted by molar-refractivity contribution is 9.10. The van der Waals surface area contributed by atoms with Crippen molar-refractivity contribution < 1.29 is 17.6 Å². The Balaban J connectivity index is 1.91. The van der Waals surface area contributed by atoms with Crippen molar-refractivity contribution in [2.45, 2.75) is 24.8 Å². The molecule has 5 nitrogen and oxygen atoms in total. The molecule has 0 spiro atoms. The molecule has 0 aliphatic heterocycles. The van der Waals surface area contributed by atoms with E-state index in [2.05, 4.69) is 20.7 Å². The molecule has 0 saturated carbocycles. The van der Waals surface area contributed by atoms with Crippen LogP contribution >= 0.6 is 15.9 Å². The highest BCUT2D eigenvalue weighted by Gasteiger charge is 2.23. The molecule has 0 saturated heterocycles. The number of sulfonamides is 1. The lowest BCUT2D eigenvalue weighted by Crippen LogP contribution is -2.26. The highest BCUT2D eigenvalue weighted by Crippen LogP contribution is 2.32. The molecular weight excluding hydrogens is 406 g/mol. The van der Waals surface area contributed by atoms with Crippen molar-refractivity contribution in [3.8, 4) is 5.75 Å². The molecule has 0 fully saturated rings. The Hall–Kier alpha value is -1.83. The molecule has 25 heavy (non-hydrogen) atoms. The number of hydrogen-bond acceptors (Lipinski definition) is 4. The standard InChI is InChI=1S/C18H18BrNO4S/c1-3-23-15-9-6-7-13-11-16(24-18(13)15)12(2)20-25(21,22)17-10-5-4-8-14(17)19/h4-12,20H,3H2,1-2H3/t12-/m0/s1. The van der Waals surface area contributed by atoms with Crippen LogP contribution in [0.5, 0.6) is 5.75 Å². The van der Waals surface area contributed by atoms with Gasteiger partial charge in [-0.1, -0.05) is 24.3 Å². The minimum Gasteiger partial charge on any atom is -0.490 e. The van der Waals surface area contributed by atoms with Gasteiger partial charge >= 0.3 is 0 Å². The lowest BCUT2D eigenvalue weighted by molar-refractivity contribution is 0.336. The van der Waals surface area contributed by atoms with Gasteiger partial charge in [-0.2, -0.15) is 0 Å². The van der Waals surface area contributed by atoms with Crippen LogP contribution in [-0.4, -0.2) is 15.0 Å². The van der Waals surface area contributed by atoms with E-state index in [4.69, 9.17) is 9.15 Å². The summed E-state index contributed by atoms with van der Waals surface area (Å²) in [5, 5.41) is 0.868. The van der Waals surface area contributed by atoms with Crippen LogP contribution in [0.3, 0.4) is 0 Å². The summed E-state index contributed by atoms with van der Waals surface area (Å²) in [5.74, 6) is 1.17. The Morgan fingerprint density at radius 2 is 1.96 bits per heavy atom. The maximum atomic E-state index is 12.6. The minimum atomic E-state index is -3.68. The van der Waals surface area contributed by atoms with Gasteiger partial charge < -0.3 is 9.15 Å². The highest BCUT2D eigenvalue weighted by atomic mass is 79.9. The van der Waals surface area contributed by atoms with E-state index in [-0.39, 0.29) is 4.90 Å². The van der Waals surface area contributed by atoms with Crippen LogP contribution in [0.2, 0.25) is 0 Å². The predicted octanol–water partition coefficient (Wildman–Crippen LogP) is 4.63. The fourth-order valence-electron chi connectivity index (χ4n) is 2.56. The summed E-state index contributed by atoms with van der Waals surface area (Å²) in [6, 6.07) is 13.6. The number of benzene rings is 2. The molecule has 132 valence electrons. The summed E-state index contributed by atoms with van der Waals surface area (Å²) >= 11 is 3.27. The van der Waals surface area contributed by atoms with Gasteiger partial charge in [0.2, 0.25) is 10.0 Å². The van der Waals surface area contributed by atoms with E-state index < -0.39 is 16.1 Å². The summed E-state index contributed by atoms with van der Waals surface area (Å²) in [5.41, 5.74) is 0.617. The molecule has 3 rings (SSSR count). The van der Waals surface area contributed by atoms with Crippen molar-refractivity contribution in [3.63, 3.8) is 0 Å². The second-order valence-electron chi connectivity index (χ2n) is 5.53. The molecule has 1 aromatic heterocycles. The zero-order valence-corrected chi connectivity index (χ0v) is 16.2. The number of rotatable bonds is 6. The molecule has 0 aliphatic carbocycles. The van der Waals surface area contributed by atoms with E-state index in [1.807, 2.05) is 31.2 Å². The van der Waals surface area contributed by atoms with Crippen molar-refractivity contribution in [2.24, 2.45) is 0 Å². The van der Waals surface area contributed by atoms with E-state index in [0.29, 0.717) is 28.2 Å². The molecule has 7 heteroatoms. The summed E-state index contributed by atoms with van der Waals surface area (Å²) in [4.78, 5) is 0.188. The summed E-state index contributed by atoms with van der Waals surface area (Å²) in [7, 11) is -3.68. The normalized spacial score (nSPS) is 13.1. The lowest BCUT2D eigenvalue weighted by atomic mass is 10.2.